The van der Waals surface area contributed by atoms with Crippen LogP contribution in [-0.4, -0.2) is 19.3 Å². The Hall–Kier alpha value is -2.62. The lowest BCUT2D eigenvalue weighted by Crippen LogP contribution is -2.11. The predicted molar refractivity (Wildman–Crippen MR) is 91.1 cm³/mol. The highest BCUT2D eigenvalue weighted by molar-refractivity contribution is 5.90. The van der Waals surface area contributed by atoms with Crippen LogP contribution in [0.5, 0.6) is 5.75 Å². The van der Waals surface area contributed by atoms with E-state index < -0.39 is 5.97 Å². The van der Waals surface area contributed by atoms with Gasteiger partial charge in [-0.2, -0.15) is 0 Å². The molecule has 23 heavy (non-hydrogen) atoms. The molecule has 2 rings (SSSR count). The Bertz CT molecular complexity index is 697. The summed E-state index contributed by atoms with van der Waals surface area (Å²) in [6.45, 7) is 6.37. The molecule has 0 aliphatic carbocycles. The second kappa shape index (κ2) is 7.09. The van der Waals surface area contributed by atoms with E-state index in [0.717, 1.165) is 11.1 Å². The minimum atomic E-state index is -0.489. The van der Waals surface area contributed by atoms with Gasteiger partial charge in [-0.3, -0.25) is 0 Å². The van der Waals surface area contributed by atoms with Gasteiger partial charge in [0.25, 0.3) is 0 Å². The molecule has 0 unspecified atom stereocenters. The summed E-state index contributed by atoms with van der Waals surface area (Å²) in [5.74, 6) is 0.179. The van der Waals surface area contributed by atoms with Crippen molar-refractivity contribution in [3.05, 3.63) is 65.2 Å². The van der Waals surface area contributed by atoms with Gasteiger partial charge in [0, 0.05) is 5.56 Å². The number of benzene rings is 2. The van der Waals surface area contributed by atoms with Gasteiger partial charge in [0.05, 0.1) is 18.9 Å². The van der Waals surface area contributed by atoms with Crippen LogP contribution >= 0.6 is 0 Å². The molecular weight excluding hydrogens is 290 g/mol. The van der Waals surface area contributed by atoms with Crippen molar-refractivity contribution in [2.24, 2.45) is 5.16 Å². The molecule has 0 bridgehead atoms. The maximum atomic E-state index is 12.0. The lowest BCUT2D eigenvalue weighted by molar-refractivity contribution is 0.0519. The first-order valence-electron chi connectivity index (χ1n) is 7.40. The highest BCUT2D eigenvalue weighted by atomic mass is 16.7. The maximum absolute atomic E-state index is 12.0. The summed E-state index contributed by atoms with van der Waals surface area (Å²) in [6, 6.07) is 14.7. The van der Waals surface area contributed by atoms with Gasteiger partial charge < -0.3 is 9.57 Å². The first kappa shape index (κ1) is 16.7. The van der Waals surface area contributed by atoms with Gasteiger partial charge >= 0.3 is 5.97 Å². The summed E-state index contributed by atoms with van der Waals surface area (Å²) in [5, 5.41) is 3.74. The van der Waals surface area contributed by atoms with Crippen molar-refractivity contribution in [3.63, 3.8) is 0 Å². The van der Waals surface area contributed by atoms with E-state index in [0.29, 0.717) is 11.3 Å². The average molecular weight is 311 g/mol. The monoisotopic (exact) mass is 311 g/mol. The van der Waals surface area contributed by atoms with E-state index in [-0.39, 0.29) is 5.41 Å². The zero-order valence-electron chi connectivity index (χ0n) is 13.9. The van der Waals surface area contributed by atoms with Crippen LogP contribution in [0.1, 0.15) is 42.3 Å². The first-order chi connectivity index (χ1) is 10.9. The normalized spacial score (nSPS) is 11.5. The largest absolute Gasteiger partial charge is 0.496 e. The fourth-order valence-corrected chi connectivity index (χ4v) is 2.06. The molecule has 0 fully saturated rings. The Morgan fingerprint density at radius 1 is 1.04 bits per heavy atom. The van der Waals surface area contributed by atoms with Crippen LogP contribution in [-0.2, 0) is 10.3 Å². The molecule has 0 atom stereocenters. The number of para-hydroxylation sites is 1. The molecule has 0 N–H and O–H groups in total. The molecule has 4 nitrogen and oxygen atoms in total. The van der Waals surface area contributed by atoms with Crippen molar-refractivity contribution in [1.29, 1.82) is 0 Å². The lowest BCUT2D eigenvalue weighted by Gasteiger charge is -2.18. The van der Waals surface area contributed by atoms with Crippen LogP contribution in [0.25, 0.3) is 0 Å². The molecule has 0 aliphatic rings. The standard InChI is InChI=1S/C19H21NO3/c1-19(2,3)16-11-9-14(10-12-16)18(21)23-20-13-15-7-5-6-8-17(15)22-4/h5-13H,1-4H3. The van der Waals surface area contributed by atoms with Crippen LogP contribution in [0.4, 0.5) is 0 Å². The second-order valence-corrected chi connectivity index (χ2v) is 6.18. The van der Waals surface area contributed by atoms with E-state index in [9.17, 15) is 4.79 Å². The summed E-state index contributed by atoms with van der Waals surface area (Å²) in [4.78, 5) is 16.9. The molecule has 4 heteroatoms. The van der Waals surface area contributed by atoms with Crippen molar-refractivity contribution in [1.82, 2.24) is 0 Å². The second-order valence-electron chi connectivity index (χ2n) is 6.18. The number of oxime groups is 1. The number of carbonyl (C=O) groups excluding carboxylic acids is 1. The van der Waals surface area contributed by atoms with Crippen LogP contribution < -0.4 is 4.74 Å². The molecule has 120 valence electrons. The molecule has 0 aliphatic heterocycles. The van der Waals surface area contributed by atoms with E-state index in [1.807, 2.05) is 36.4 Å². The fourth-order valence-electron chi connectivity index (χ4n) is 2.06. The molecule has 2 aromatic rings. The van der Waals surface area contributed by atoms with E-state index in [1.54, 1.807) is 19.2 Å². The van der Waals surface area contributed by atoms with Crippen LogP contribution in [0.15, 0.2) is 53.7 Å². The number of rotatable bonds is 4. The van der Waals surface area contributed by atoms with Gasteiger partial charge in [-0.25, -0.2) is 4.79 Å². The predicted octanol–water partition coefficient (Wildman–Crippen LogP) is 4.18. The zero-order chi connectivity index (χ0) is 16.9. The summed E-state index contributed by atoms with van der Waals surface area (Å²) < 4.78 is 5.20. The Balaban J connectivity index is 2.03. The van der Waals surface area contributed by atoms with Gasteiger partial charge in [0.2, 0.25) is 0 Å². The molecule has 0 saturated carbocycles. The van der Waals surface area contributed by atoms with Crippen molar-refractivity contribution in [2.45, 2.75) is 26.2 Å². The highest BCUT2D eigenvalue weighted by Crippen LogP contribution is 2.22. The molecule has 0 heterocycles. The molecule has 0 radical (unpaired) electrons. The Kier molecular flexibility index (Phi) is 5.16. The molecular formula is C19H21NO3. The van der Waals surface area contributed by atoms with Crippen molar-refractivity contribution < 1.29 is 14.4 Å². The third-order valence-electron chi connectivity index (χ3n) is 3.45. The van der Waals surface area contributed by atoms with Gasteiger partial charge in [0.1, 0.15) is 5.75 Å². The summed E-state index contributed by atoms with van der Waals surface area (Å²) >= 11 is 0. The summed E-state index contributed by atoms with van der Waals surface area (Å²) in [5.41, 5.74) is 2.41. The average Bonchev–Trinajstić information content (AvgIpc) is 2.54. The third-order valence-corrected chi connectivity index (χ3v) is 3.45. The molecule has 2 aromatic carbocycles. The third kappa shape index (κ3) is 4.42. The lowest BCUT2D eigenvalue weighted by atomic mass is 9.87. The quantitative estimate of drug-likeness (QED) is 0.483. The minimum Gasteiger partial charge on any atom is -0.496 e. The van der Waals surface area contributed by atoms with E-state index >= 15 is 0 Å². The van der Waals surface area contributed by atoms with Crippen LogP contribution in [0.3, 0.4) is 0 Å². The minimum absolute atomic E-state index is 0.0461. The Labute approximate surface area is 136 Å². The summed E-state index contributed by atoms with van der Waals surface area (Å²) in [6.07, 6.45) is 1.46. The van der Waals surface area contributed by atoms with E-state index in [1.165, 1.54) is 6.21 Å². The maximum Gasteiger partial charge on any atom is 0.365 e. The van der Waals surface area contributed by atoms with E-state index in [4.69, 9.17) is 9.57 Å². The van der Waals surface area contributed by atoms with Gasteiger partial charge in [-0.15, -0.1) is 0 Å². The van der Waals surface area contributed by atoms with Crippen molar-refractivity contribution in [2.75, 3.05) is 7.11 Å². The SMILES string of the molecule is COc1ccccc1C=NOC(=O)c1ccc(C(C)(C)C)cc1. The van der Waals surface area contributed by atoms with Gasteiger partial charge in [0.15, 0.2) is 0 Å². The Morgan fingerprint density at radius 3 is 2.30 bits per heavy atom. The number of ether oxygens (including phenoxy) is 1. The fraction of sp³-hybridized carbons (Fsp3) is 0.263. The highest BCUT2D eigenvalue weighted by Gasteiger charge is 2.14. The zero-order valence-corrected chi connectivity index (χ0v) is 13.9. The van der Waals surface area contributed by atoms with Gasteiger partial charge in [-0.1, -0.05) is 50.2 Å². The number of nitrogens with zero attached hydrogens (tertiary/aromatic N) is 1. The summed E-state index contributed by atoms with van der Waals surface area (Å²) in [7, 11) is 1.58. The van der Waals surface area contributed by atoms with Crippen molar-refractivity contribution >= 4 is 12.2 Å². The first-order valence-corrected chi connectivity index (χ1v) is 7.40. The number of methoxy groups -OCH3 is 1. The molecule has 0 amide bonds. The molecule has 0 spiro atoms. The van der Waals surface area contributed by atoms with Gasteiger partial charge in [-0.05, 0) is 35.2 Å². The van der Waals surface area contributed by atoms with Crippen molar-refractivity contribution in [3.8, 4) is 5.75 Å². The topological polar surface area (TPSA) is 47.9 Å². The van der Waals surface area contributed by atoms with Crippen LogP contribution in [0, 0.1) is 0 Å². The molecule has 0 saturated heterocycles. The number of hydrogen-bond donors (Lipinski definition) is 0. The smallest absolute Gasteiger partial charge is 0.365 e. The van der Waals surface area contributed by atoms with E-state index in [2.05, 4.69) is 25.9 Å². The number of carbonyl (C=O) groups is 1. The number of hydrogen-bond acceptors (Lipinski definition) is 4. The molecule has 0 aromatic heterocycles. The van der Waals surface area contributed by atoms with Crippen LogP contribution in [0.2, 0.25) is 0 Å². The Morgan fingerprint density at radius 2 is 1.70 bits per heavy atom.